The molecule has 3 aromatic rings. The number of piperidine rings is 1. The molecule has 6 nitrogen and oxygen atoms in total. The molecule has 1 aromatic carbocycles. The van der Waals surface area contributed by atoms with Gasteiger partial charge in [-0.3, -0.25) is 9.48 Å². The second kappa shape index (κ2) is 7.29. The number of benzene rings is 1. The molecular weight excluding hydrogens is 333 g/mol. The first-order valence-corrected chi connectivity index (χ1v) is 9.00. The van der Waals surface area contributed by atoms with Crippen LogP contribution in [0.15, 0.2) is 36.8 Å². The van der Waals surface area contributed by atoms with Gasteiger partial charge in [-0.25, -0.2) is 4.39 Å². The van der Waals surface area contributed by atoms with E-state index in [4.69, 9.17) is 0 Å². The molecule has 2 aromatic heterocycles. The summed E-state index contributed by atoms with van der Waals surface area (Å²) >= 11 is 0. The van der Waals surface area contributed by atoms with Crippen molar-refractivity contribution in [2.45, 2.75) is 25.3 Å². The SMILES string of the molecule is O=C(NCCc1c[nH]c2cccc(F)c12)c1cnn(C2CCCNC2)c1. The van der Waals surface area contributed by atoms with Crippen LogP contribution in [-0.4, -0.2) is 40.3 Å². The van der Waals surface area contributed by atoms with Crippen LogP contribution >= 0.6 is 0 Å². The average molecular weight is 355 g/mol. The van der Waals surface area contributed by atoms with E-state index in [1.165, 1.54) is 6.07 Å². The number of nitrogens with one attached hydrogen (secondary N) is 3. The van der Waals surface area contributed by atoms with Crippen molar-refractivity contribution >= 4 is 16.8 Å². The number of nitrogens with zero attached hydrogens (tertiary/aromatic N) is 2. The monoisotopic (exact) mass is 355 g/mol. The predicted molar refractivity (Wildman–Crippen MR) is 97.7 cm³/mol. The number of aromatic amines is 1. The van der Waals surface area contributed by atoms with Gasteiger partial charge < -0.3 is 15.6 Å². The van der Waals surface area contributed by atoms with Crippen LogP contribution in [0.4, 0.5) is 4.39 Å². The van der Waals surface area contributed by atoms with Gasteiger partial charge >= 0.3 is 0 Å². The van der Waals surface area contributed by atoms with E-state index in [0.29, 0.717) is 30.0 Å². The lowest BCUT2D eigenvalue weighted by Crippen LogP contribution is -2.32. The number of hydrogen-bond acceptors (Lipinski definition) is 3. The summed E-state index contributed by atoms with van der Waals surface area (Å²) in [6, 6.07) is 5.28. The number of halogens is 1. The maximum absolute atomic E-state index is 14.0. The summed E-state index contributed by atoms with van der Waals surface area (Å²) in [7, 11) is 0. The van der Waals surface area contributed by atoms with Gasteiger partial charge in [-0.2, -0.15) is 5.10 Å². The summed E-state index contributed by atoms with van der Waals surface area (Å²) in [6.45, 7) is 2.37. The van der Waals surface area contributed by atoms with E-state index in [1.54, 1.807) is 24.7 Å². The Kier molecular flexibility index (Phi) is 4.71. The summed E-state index contributed by atoms with van der Waals surface area (Å²) in [4.78, 5) is 15.4. The van der Waals surface area contributed by atoms with Gasteiger partial charge in [0.1, 0.15) is 5.82 Å². The molecule has 1 amide bonds. The van der Waals surface area contributed by atoms with E-state index in [1.807, 2.05) is 10.7 Å². The fraction of sp³-hybridized carbons (Fsp3) is 0.368. The Morgan fingerprint density at radius 2 is 2.35 bits per heavy atom. The van der Waals surface area contributed by atoms with Crippen LogP contribution in [0.2, 0.25) is 0 Å². The van der Waals surface area contributed by atoms with Crippen LogP contribution in [0.1, 0.15) is 34.8 Å². The summed E-state index contributed by atoms with van der Waals surface area (Å²) < 4.78 is 15.9. The Balaban J connectivity index is 1.36. The van der Waals surface area contributed by atoms with Crippen molar-refractivity contribution in [2.24, 2.45) is 0 Å². The molecule has 0 bridgehead atoms. The summed E-state index contributed by atoms with van der Waals surface area (Å²) in [5.74, 6) is -0.396. The topological polar surface area (TPSA) is 74.7 Å². The number of fused-ring (bicyclic) bond motifs is 1. The first-order chi connectivity index (χ1) is 12.7. The Bertz CT molecular complexity index is 910. The molecule has 1 saturated heterocycles. The highest BCUT2D eigenvalue weighted by Gasteiger charge is 2.17. The lowest BCUT2D eigenvalue weighted by molar-refractivity contribution is 0.0954. The molecule has 4 rings (SSSR count). The smallest absolute Gasteiger partial charge is 0.254 e. The Hall–Kier alpha value is -2.67. The molecule has 1 aliphatic heterocycles. The highest BCUT2D eigenvalue weighted by molar-refractivity contribution is 5.93. The minimum Gasteiger partial charge on any atom is -0.361 e. The maximum Gasteiger partial charge on any atom is 0.254 e. The van der Waals surface area contributed by atoms with E-state index in [2.05, 4.69) is 20.7 Å². The first kappa shape index (κ1) is 16.8. The fourth-order valence-electron chi connectivity index (χ4n) is 3.53. The minimum atomic E-state index is -0.243. The van der Waals surface area contributed by atoms with E-state index >= 15 is 0 Å². The molecule has 3 N–H and O–H groups in total. The van der Waals surface area contributed by atoms with Gasteiger partial charge in [0.2, 0.25) is 0 Å². The van der Waals surface area contributed by atoms with Crippen molar-refractivity contribution in [3.8, 4) is 0 Å². The molecule has 1 unspecified atom stereocenters. The second-order valence-electron chi connectivity index (χ2n) is 6.69. The third-order valence-corrected chi connectivity index (χ3v) is 4.93. The third kappa shape index (κ3) is 3.35. The quantitative estimate of drug-likeness (QED) is 0.658. The molecule has 26 heavy (non-hydrogen) atoms. The van der Waals surface area contributed by atoms with Crippen molar-refractivity contribution in [1.29, 1.82) is 0 Å². The molecule has 136 valence electrons. The highest BCUT2D eigenvalue weighted by Crippen LogP contribution is 2.21. The van der Waals surface area contributed by atoms with Gasteiger partial charge in [0, 0.05) is 36.4 Å². The molecule has 0 spiro atoms. The molecular formula is C19H22FN5O. The van der Waals surface area contributed by atoms with E-state index in [9.17, 15) is 9.18 Å². The zero-order chi connectivity index (χ0) is 17.9. The summed E-state index contributed by atoms with van der Waals surface area (Å²) in [5.41, 5.74) is 2.19. The number of aromatic nitrogens is 3. The van der Waals surface area contributed by atoms with Crippen LogP contribution in [-0.2, 0) is 6.42 Å². The van der Waals surface area contributed by atoms with Gasteiger partial charge in [0.25, 0.3) is 5.91 Å². The molecule has 0 aliphatic carbocycles. The number of hydrogen-bond donors (Lipinski definition) is 3. The number of H-pyrrole nitrogens is 1. The molecule has 0 saturated carbocycles. The Morgan fingerprint density at radius 3 is 3.19 bits per heavy atom. The molecule has 0 radical (unpaired) electrons. The fourth-order valence-corrected chi connectivity index (χ4v) is 3.53. The number of carbonyl (C=O) groups excluding carboxylic acids is 1. The summed E-state index contributed by atoms with van der Waals surface area (Å²) in [6.07, 6.45) is 7.96. The minimum absolute atomic E-state index is 0.152. The zero-order valence-corrected chi connectivity index (χ0v) is 14.5. The van der Waals surface area contributed by atoms with Gasteiger partial charge in [0.15, 0.2) is 0 Å². The first-order valence-electron chi connectivity index (χ1n) is 9.00. The van der Waals surface area contributed by atoms with Crippen molar-refractivity contribution in [3.05, 3.63) is 53.7 Å². The molecule has 1 aliphatic rings. The van der Waals surface area contributed by atoms with Gasteiger partial charge in [-0.15, -0.1) is 0 Å². The van der Waals surface area contributed by atoms with Crippen LogP contribution in [0.3, 0.4) is 0 Å². The number of rotatable bonds is 5. The van der Waals surface area contributed by atoms with Gasteiger partial charge in [-0.1, -0.05) is 6.07 Å². The predicted octanol–water partition coefficient (Wildman–Crippen LogP) is 2.40. The van der Waals surface area contributed by atoms with Crippen LogP contribution in [0, 0.1) is 5.82 Å². The second-order valence-corrected chi connectivity index (χ2v) is 6.69. The van der Waals surface area contributed by atoms with Gasteiger partial charge in [-0.05, 0) is 43.5 Å². The molecule has 1 fully saturated rings. The van der Waals surface area contributed by atoms with Crippen molar-refractivity contribution in [2.75, 3.05) is 19.6 Å². The average Bonchev–Trinajstić information content (AvgIpc) is 3.31. The van der Waals surface area contributed by atoms with Crippen LogP contribution in [0.5, 0.6) is 0 Å². The lowest BCUT2D eigenvalue weighted by Gasteiger charge is -2.22. The summed E-state index contributed by atoms with van der Waals surface area (Å²) in [5, 5.41) is 11.2. The van der Waals surface area contributed by atoms with E-state index < -0.39 is 0 Å². The van der Waals surface area contributed by atoms with E-state index in [0.717, 1.165) is 37.0 Å². The Labute approximate surface area is 150 Å². The third-order valence-electron chi connectivity index (χ3n) is 4.93. The van der Waals surface area contributed by atoms with Crippen molar-refractivity contribution < 1.29 is 9.18 Å². The molecule has 7 heteroatoms. The van der Waals surface area contributed by atoms with Crippen molar-refractivity contribution in [1.82, 2.24) is 25.4 Å². The van der Waals surface area contributed by atoms with Crippen molar-refractivity contribution in [3.63, 3.8) is 0 Å². The van der Waals surface area contributed by atoms with E-state index in [-0.39, 0.29) is 11.7 Å². The van der Waals surface area contributed by atoms with Crippen LogP contribution < -0.4 is 10.6 Å². The molecule has 3 heterocycles. The normalized spacial score (nSPS) is 17.5. The van der Waals surface area contributed by atoms with Crippen LogP contribution in [0.25, 0.3) is 10.9 Å². The number of amides is 1. The molecule has 1 atom stereocenters. The highest BCUT2D eigenvalue weighted by atomic mass is 19.1. The standard InChI is InChI=1S/C19H22FN5O/c20-16-4-1-5-17-18(16)13(9-23-17)6-8-22-19(26)14-10-24-25(12-14)15-3-2-7-21-11-15/h1,4-5,9-10,12,15,21,23H,2-3,6-8,11H2,(H,22,26). The Morgan fingerprint density at radius 1 is 1.42 bits per heavy atom. The largest absolute Gasteiger partial charge is 0.361 e. The maximum atomic E-state index is 14.0. The van der Waals surface area contributed by atoms with Gasteiger partial charge in [0.05, 0.1) is 17.8 Å². The lowest BCUT2D eigenvalue weighted by atomic mass is 10.1. The number of carbonyl (C=O) groups is 1. The zero-order valence-electron chi connectivity index (χ0n) is 14.5.